The minimum absolute atomic E-state index is 0.0817. The first-order chi connectivity index (χ1) is 20.1. The normalized spacial score (nSPS) is 14.7. The highest BCUT2D eigenvalue weighted by molar-refractivity contribution is 7.92. The molecule has 1 atom stereocenters. The third-order valence-electron chi connectivity index (χ3n) is 7.99. The van der Waals surface area contributed by atoms with E-state index < -0.39 is 28.5 Å². The Morgan fingerprint density at radius 1 is 0.929 bits per heavy atom. The quantitative estimate of drug-likeness (QED) is 0.272. The molecular formula is C33H40ClN3O4S. The van der Waals surface area contributed by atoms with Gasteiger partial charge in [-0.1, -0.05) is 74.2 Å². The van der Waals surface area contributed by atoms with Gasteiger partial charge in [0, 0.05) is 17.6 Å². The molecule has 42 heavy (non-hydrogen) atoms. The van der Waals surface area contributed by atoms with Crippen LogP contribution in [0.5, 0.6) is 0 Å². The summed E-state index contributed by atoms with van der Waals surface area (Å²) >= 11 is 6.11. The summed E-state index contributed by atoms with van der Waals surface area (Å²) in [6.07, 6.45) is 5.52. The molecule has 224 valence electrons. The van der Waals surface area contributed by atoms with Gasteiger partial charge in [0.15, 0.2) is 0 Å². The lowest BCUT2D eigenvalue weighted by molar-refractivity contribution is -0.140. The Morgan fingerprint density at radius 3 is 2.21 bits per heavy atom. The molecule has 4 rings (SSSR count). The van der Waals surface area contributed by atoms with Gasteiger partial charge in [-0.2, -0.15) is 0 Å². The van der Waals surface area contributed by atoms with Crippen LogP contribution >= 0.6 is 11.6 Å². The van der Waals surface area contributed by atoms with Crippen LogP contribution in [0.2, 0.25) is 5.02 Å². The number of anilines is 1. The summed E-state index contributed by atoms with van der Waals surface area (Å²) in [7, 11) is -4.10. The van der Waals surface area contributed by atoms with E-state index in [1.54, 1.807) is 42.5 Å². The minimum Gasteiger partial charge on any atom is -0.352 e. The highest BCUT2D eigenvalue weighted by Crippen LogP contribution is 2.27. The fraction of sp³-hybridized carbons (Fsp3) is 0.394. The lowest BCUT2D eigenvalue weighted by Gasteiger charge is -2.34. The molecule has 1 N–H and O–H groups in total. The number of nitrogens with zero attached hydrogens (tertiary/aromatic N) is 2. The van der Waals surface area contributed by atoms with Crippen molar-refractivity contribution in [3.05, 3.63) is 94.5 Å². The maximum atomic E-state index is 14.2. The minimum atomic E-state index is -4.10. The number of halogens is 1. The number of nitrogens with one attached hydrogen (secondary N) is 1. The summed E-state index contributed by atoms with van der Waals surface area (Å²) < 4.78 is 29.1. The molecule has 0 unspecified atom stereocenters. The topological polar surface area (TPSA) is 86.8 Å². The van der Waals surface area contributed by atoms with E-state index in [2.05, 4.69) is 5.32 Å². The van der Waals surface area contributed by atoms with Gasteiger partial charge in [0.1, 0.15) is 12.6 Å². The lowest BCUT2D eigenvalue weighted by Crippen LogP contribution is -2.54. The zero-order chi connectivity index (χ0) is 30.3. The van der Waals surface area contributed by atoms with Crippen molar-refractivity contribution in [2.45, 2.75) is 82.8 Å². The third-order valence-corrected chi connectivity index (χ3v) is 10.0. The van der Waals surface area contributed by atoms with Crippen LogP contribution < -0.4 is 9.62 Å². The highest BCUT2D eigenvalue weighted by atomic mass is 35.5. The Kier molecular flexibility index (Phi) is 10.7. The third kappa shape index (κ3) is 7.72. The SMILES string of the molecule is CC[C@@H](C(=O)NC1CCCCC1)N(Cc1ccc(Cl)cc1)C(=O)CN(c1ccc(C)c(C)c1)S(=O)(=O)c1ccccc1. The zero-order valence-electron chi connectivity index (χ0n) is 24.6. The standard InChI is InChI=1S/C33H40ClN3O4S/c1-4-31(33(39)35-28-11-7-5-8-12-28)36(22-26-16-18-27(34)19-17-26)32(38)23-37(29-20-15-24(2)25(3)21-29)42(40,41)30-13-9-6-10-14-30/h6,9-10,13-21,28,31H,4-5,7-8,11-12,22-23H2,1-3H3,(H,35,39)/t31-/m0/s1. The predicted molar refractivity (Wildman–Crippen MR) is 168 cm³/mol. The first kappa shape index (κ1) is 31.6. The first-order valence-electron chi connectivity index (χ1n) is 14.6. The number of carbonyl (C=O) groups excluding carboxylic acids is 2. The lowest BCUT2D eigenvalue weighted by atomic mass is 9.95. The second kappa shape index (κ2) is 14.2. The number of hydrogen-bond acceptors (Lipinski definition) is 4. The summed E-state index contributed by atoms with van der Waals surface area (Å²) in [5, 5.41) is 3.73. The molecule has 9 heteroatoms. The van der Waals surface area contributed by atoms with Crippen LogP contribution in [0.15, 0.2) is 77.7 Å². The second-order valence-electron chi connectivity index (χ2n) is 11.0. The largest absolute Gasteiger partial charge is 0.352 e. The van der Waals surface area contributed by atoms with Crippen molar-refractivity contribution < 1.29 is 18.0 Å². The van der Waals surface area contributed by atoms with Gasteiger partial charge in [0.25, 0.3) is 10.0 Å². The fourth-order valence-electron chi connectivity index (χ4n) is 5.38. The molecule has 1 aliphatic rings. The number of aryl methyl sites for hydroxylation is 2. The van der Waals surface area contributed by atoms with Crippen molar-refractivity contribution in [3.63, 3.8) is 0 Å². The molecule has 0 aromatic heterocycles. The second-order valence-corrected chi connectivity index (χ2v) is 13.3. The molecule has 0 saturated heterocycles. The molecule has 0 bridgehead atoms. The Bertz CT molecular complexity index is 1470. The van der Waals surface area contributed by atoms with Gasteiger partial charge >= 0.3 is 0 Å². The average Bonchev–Trinajstić information content (AvgIpc) is 2.99. The fourth-order valence-corrected chi connectivity index (χ4v) is 6.93. The Hall–Kier alpha value is -3.36. The predicted octanol–water partition coefficient (Wildman–Crippen LogP) is 6.41. The smallest absolute Gasteiger partial charge is 0.264 e. The maximum absolute atomic E-state index is 14.2. The average molecular weight is 610 g/mol. The van der Waals surface area contributed by atoms with Crippen molar-refractivity contribution in [3.8, 4) is 0 Å². The molecule has 2 amide bonds. The van der Waals surface area contributed by atoms with Crippen LogP contribution in [0.25, 0.3) is 0 Å². The van der Waals surface area contributed by atoms with Crippen LogP contribution in [0, 0.1) is 13.8 Å². The summed E-state index contributed by atoms with van der Waals surface area (Å²) in [4.78, 5) is 29.5. The zero-order valence-corrected chi connectivity index (χ0v) is 26.1. The van der Waals surface area contributed by atoms with Crippen molar-refractivity contribution >= 4 is 39.1 Å². The van der Waals surface area contributed by atoms with Gasteiger partial charge in [-0.3, -0.25) is 13.9 Å². The van der Waals surface area contributed by atoms with E-state index in [1.807, 2.05) is 39.0 Å². The Labute approximate surface area is 254 Å². The van der Waals surface area contributed by atoms with Crippen LogP contribution in [-0.4, -0.2) is 43.8 Å². The summed E-state index contributed by atoms with van der Waals surface area (Å²) in [6, 6.07) is 19.9. The molecule has 0 aliphatic heterocycles. The maximum Gasteiger partial charge on any atom is 0.264 e. The van der Waals surface area contributed by atoms with E-state index in [0.29, 0.717) is 17.1 Å². The number of rotatable bonds is 11. The Morgan fingerprint density at radius 2 is 1.60 bits per heavy atom. The summed E-state index contributed by atoms with van der Waals surface area (Å²) in [6.45, 7) is 5.41. The highest BCUT2D eigenvalue weighted by Gasteiger charge is 2.34. The van der Waals surface area contributed by atoms with Crippen molar-refractivity contribution in [2.75, 3.05) is 10.8 Å². The summed E-state index contributed by atoms with van der Waals surface area (Å²) in [5.41, 5.74) is 3.10. The van der Waals surface area contributed by atoms with Gasteiger partial charge in [-0.05, 0) is 86.2 Å². The van der Waals surface area contributed by atoms with Crippen LogP contribution in [0.4, 0.5) is 5.69 Å². The van der Waals surface area contributed by atoms with E-state index in [0.717, 1.165) is 53.1 Å². The van der Waals surface area contributed by atoms with Gasteiger partial charge in [0.05, 0.1) is 10.6 Å². The molecular weight excluding hydrogens is 570 g/mol. The molecule has 7 nitrogen and oxygen atoms in total. The molecule has 0 heterocycles. The molecule has 1 aliphatic carbocycles. The van der Waals surface area contributed by atoms with Crippen LogP contribution in [0.1, 0.15) is 62.1 Å². The van der Waals surface area contributed by atoms with E-state index >= 15 is 0 Å². The number of sulfonamides is 1. The van der Waals surface area contributed by atoms with Crippen molar-refractivity contribution in [1.82, 2.24) is 10.2 Å². The molecule has 1 saturated carbocycles. The van der Waals surface area contributed by atoms with Crippen LogP contribution in [0.3, 0.4) is 0 Å². The molecule has 0 spiro atoms. The van der Waals surface area contributed by atoms with E-state index in [9.17, 15) is 18.0 Å². The number of benzene rings is 3. The molecule has 3 aromatic rings. The molecule has 3 aromatic carbocycles. The van der Waals surface area contributed by atoms with Gasteiger partial charge < -0.3 is 10.2 Å². The number of hydrogen-bond donors (Lipinski definition) is 1. The van der Waals surface area contributed by atoms with Gasteiger partial charge in [-0.25, -0.2) is 8.42 Å². The van der Waals surface area contributed by atoms with Crippen LogP contribution in [-0.2, 0) is 26.2 Å². The number of amides is 2. The van der Waals surface area contributed by atoms with E-state index in [4.69, 9.17) is 11.6 Å². The summed E-state index contributed by atoms with van der Waals surface area (Å²) in [5.74, 6) is -0.677. The van der Waals surface area contributed by atoms with Crippen molar-refractivity contribution in [1.29, 1.82) is 0 Å². The van der Waals surface area contributed by atoms with Crippen molar-refractivity contribution in [2.24, 2.45) is 0 Å². The van der Waals surface area contributed by atoms with E-state index in [-0.39, 0.29) is 23.4 Å². The number of carbonyl (C=O) groups is 2. The van der Waals surface area contributed by atoms with E-state index in [1.165, 1.54) is 17.0 Å². The van der Waals surface area contributed by atoms with Gasteiger partial charge in [-0.15, -0.1) is 0 Å². The molecule has 1 fully saturated rings. The molecule has 0 radical (unpaired) electrons. The van der Waals surface area contributed by atoms with Gasteiger partial charge in [0.2, 0.25) is 11.8 Å². The monoisotopic (exact) mass is 609 g/mol. The Balaban J connectivity index is 1.71. The first-order valence-corrected chi connectivity index (χ1v) is 16.4.